The third-order valence-corrected chi connectivity index (χ3v) is 6.62. The Labute approximate surface area is 185 Å². The van der Waals surface area contributed by atoms with Crippen LogP contribution in [-0.4, -0.2) is 68.1 Å². The molecule has 2 heterocycles. The Bertz CT molecular complexity index is 1070. The number of ether oxygens (including phenoxy) is 1. The smallest absolute Gasteiger partial charge is 0.337 e. The number of thiazole rings is 1. The van der Waals surface area contributed by atoms with E-state index in [2.05, 4.69) is 45.0 Å². The van der Waals surface area contributed by atoms with Crippen LogP contribution in [-0.2, 0) is 4.74 Å². The minimum atomic E-state index is -0.410. The summed E-state index contributed by atoms with van der Waals surface area (Å²) in [6, 6.07) is 12.8. The maximum Gasteiger partial charge on any atom is 0.337 e. The largest absolute Gasteiger partial charge is 0.465 e. The second-order valence-electron chi connectivity index (χ2n) is 7.57. The summed E-state index contributed by atoms with van der Waals surface area (Å²) in [6.45, 7) is 7.24. The summed E-state index contributed by atoms with van der Waals surface area (Å²) >= 11 is 1.75. The van der Waals surface area contributed by atoms with E-state index < -0.39 is 5.97 Å². The van der Waals surface area contributed by atoms with Gasteiger partial charge in [-0.25, -0.2) is 9.78 Å². The number of aryl methyl sites for hydroxylation is 1. The first kappa shape index (κ1) is 21.3. The lowest BCUT2D eigenvalue weighted by Crippen LogP contribution is -2.48. The molecule has 8 heteroatoms. The highest BCUT2D eigenvalue weighted by molar-refractivity contribution is 7.22. The van der Waals surface area contributed by atoms with E-state index in [0.29, 0.717) is 17.7 Å². The zero-order valence-corrected chi connectivity index (χ0v) is 18.6. The number of amides is 1. The topological polar surface area (TPSA) is 74.8 Å². The van der Waals surface area contributed by atoms with Gasteiger partial charge in [-0.2, -0.15) is 0 Å². The predicted molar refractivity (Wildman–Crippen MR) is 123 cm³/mol. The number of benzene rings is 2. The van der Waals surface area contributed by atoms with Crippen LogP contribution in [0.5, 0.6) is 0 Å². The van der Waals surface area contributed by atoms with Gasteiger partial charge in [-0.05, 0) is 42.8 Å². The van der Waals surface area contributed by atoms with Crippen molar-refractivity contribution in [2.24, 2.45) is 0 Å². The van der Waals surface area contributed by atoms with E-state index in [1.807, 2.05) is 0 Å². The van der Waals surface area contributed by atoms with Gasteiger partial charge in [0.25, 0.3) is 5.91 Å². The molecule has 0 bridgehead atoms. The fourth-order valence-electron chi connectivity index (χ4n) is 3.68. The number of rotatable bonds is 6. The van der Waals surface area contributed by atoms with Crippen molar-refractivity contribution >= 4 is 38.6 Å². The Kier molecular flexibility index (Phi) is 6.48. The third-order valence-electron chi connectivity index (χ3n) is 5.53. The van der Waals surface area contributed by atoms with Crippen LogP contribution in [0.4, 0.5) is 5.13 Å². The van der Waals surface area contributed by atoms with Gasteiger partial charge in [0.15, 0.2) is 5.13 Å². The second-order valence-corrected chi connectivity index (χ2v) is 8.58. The molecular formula is C23H26N4O3S. The zero-order valence-electron chi connectivity index (χ0n) is 17.8. The molecule has 7 nitrogen and oxygen atoms in total. The van der Waals surface area contributed by atoms with Crippen molar-refractivity contribution < 1.29 is 14.3 Å². The number of aromatic nitrogens is 1. The van der Waals surface area contributed by atoms with Crippen LogP contribution in [0, 0.1) is 6.92 Å². The van der Waals surface area contributed by atoms with E-state index in [0.717, 1.165) is 43.4 Å². The van der Waals surface area contributed by atoms with Gasteiger partial charge in [0, 0.05) is 44.8 Å². The molecule has 31 heavy (non-hydrogen) atoms. The molecule has 0 saturated carbocycles. The molecule has 1 aliphatic rings. The quantitative estimate of drug-likeness (QED) is 0.597. The van der Waals surface area contributed by atoms with Gasteiger partial charge in [0.05, 0.1) is 22.9 Å². The first-order chi connectivity index (χ1) is 15.0. The molecule has 2 aromatic carbocycles. The molecule has 0 aliphatic carbocycles. The monoisotopic (exact) mass is 438 g/mol. The van der Waals surface area contributed by atoms with Crippen molar-refractivity contribution in [3.8, 4) is 0 Å². The van der Waals surface area contributed by atoms with Crippen LogP contribution < -0.4 is 10.2 Å². The summed E-state index contributed by atoms with van der Waals surface area (Å²) in [4.78, 5) is 33.4. The maximum atomic E-state index is 12.3. The minimum absolute atomic E-state index is 0.139. The van der Waals surface area contributed by atoms with E-state index in [4.69, 9.17) is 4.98 Å². The van der Waals surface area contributed by atoms with Gasteiger partial charge in [-0.1, -0.05) is 23.5 Å². The molecule has 162 valence electrons. The van der Waals surface area contributed by atoms with Crippen LogP contribution in [0.1, 0.15) is 26.3 Å². The molecule has 1 fully saturated rings. The van der Waals surface area contributed by atoms with Crippen LogP contribution in [0.3, 0.4) is 0 Å². The molecule has 0 atom stereocenters. The summed E-state index contributed by atoms with van der Waals surface area (Å²) in [7, 11) is 1.34. The van der Waals surface area contributed by atoms with E-state index in [1.54, 1.807) is 35.6 Å². The third kappa shape index (κ3) is 4.86. The number of esters is 1. The second kappa shape index (κ2) is 9.45. The lowest BCUT2D eigenvalue weighted by molar-refractivity contribution is 0.0600. The molecule has 1 N–H and O–H groups in total. The molecule has 1 aliphatic heterocycles. The standard InChI is InChI=1S/C23H26N4O3S/c1-16-4-3-5-19-20(16)25-23(31-19)27-14-12-26(13-15-27)11-10-24-21(28)17-6-8-18(9-7-17)22(29)30-2/h3-9H,10-15H2,1-2H3,(H,24,28). The van der Waals surface area contributed by atoms with E-state index in [9.17, 15) is 9.59 Å². The number of hydrogen-bond donors (Lipinski definition) is 1. The zero-order chi connectivity index (χ0) is 21.8. The predicted octanol–water partition coefficient (Wildman–Crippen LogP) is 2.94. The first-order valence-electron chi connectivity index (χ1n) is 10.3. The SMILES string of the molecule is COC(=O)c1ccc(C(=O)NCCN2CCN(c3nc4c(C)cccc4s3)CC2)cc1. The Morgan fingerprint density at radius 3 is 2.45 bits per heavy atom. The van der Waals surface area contributed by atoms with Gasteiger partial charge >= 0.3 is 5.97 Å². The van der Waals surface area contributed by atoms with Crippen molar-refractivity contribution in [1.82, 2.24) is 15.2 Å². The summed E-state index contributed by atoms with van der Waals surface area (Å²) in [5.74, 6) is -0.549. The molecule has 0 spiro atoms. The molecule has 3 aromatic rings. The van der Waals surface area contributed by atoms with Crippen molar-refractivity contribution in [2.75, 3.05) is 51.3 Å². The Hall–Kier alpha value is -2.97. The molecule has 0 unspecified atom stereocenters. The van der Waals surface area contributed by atoms with E-state index in [1.165, 1.54) is 17.4 Å². The minimum Gasteiger partial charge on any atom is -0.465 e. The Morgan fingerprint density at radius 1 is 1.06 bits per heavy atom. The Morgan fingerprint density at radius 2 is 1.77 bits per heavy atom. The summed E-state index contributed by atoms with van der Waals surface area (Å²) in [5.41, 5.74) is 3.28. The lowest BCUT2D eigenvalue weighted by Gasteiger charge is -2.34. The number of carbonyl (C=O) groups excluding carboxylic acids is 2. The molecule has 4 rings (SSSR count). The number of anilines is 1. The average Bonchev–Trinajstić information content (AvgIpc) is 3.25. The van der Waals surface area contributed by atoms with E-state index >= 15 is 0 Å². The van der Waals surface area contributed by atoms with Gasteiger partial charge in [0.2, 0.25) is 0 Å². The van der Waals surface area contributed by atoms with Crippen molar-refractivity contribution in [2.45, 2.75) is 6.92 Å². The number of nitrogens with zero attached hydrogens (tertiary/aromatic N) is 3. The average molecular weight is 439 g/mol. The number of nitrogens with one attached hydrogen (secondary N) is 1. The normalized spacial score (nSPS) is 14.6. The van der Waals surface area contributed by atoms with Gasteiger partial charge < -0.3 is 15.0 Å². The maximum absolute atomic E-state index is 12.3. The fraction of sp³-hybridized carbons (Fsp3) is 0.348. The van der Waals surface area contributed by atoms with Crippen LogP contribution in [0.25, 0.3) is 10.2 Å². The number of fused-ring (bicyclic) bond motifs is 1. The number of piperazine rings is 1. The summed E-state index contributed by atoms with van der Waals surface area (Å²) in [6.07, 6.45) is 0. The van der Waals surface area contributed by atoms with Crippen molar-refractivity contribution in [3.05, 3.63) is 59.2 Å². The van der Waals surface area contributed by atoms with Crippen LogP contribution in [0.2, 0.25) is 0 Å². The number of methoxy groups -OCH3 is 1. The van der Waals surface area contributed by atoms with Crippen molar-refractivity contribution in [1.29, 1.82) is 0 Å². The van der Waals surface area contributed by atoms with E-state index in [-0.39, 0.29) is 5.91 Å². The highest BCUT2D eigenvalue weighted by Gasteiger charge is 2.20. The van der Waals surface area contributed by atoms with Gasteiger partial charge in [-0.3, -0.25) is 9.69 Å². The molecule has 1 aromatic heterocycles. The summed E-state index contributed by atoms with van der Waals surface area (Å²) in [5, 5.41) is 4.05. The van der Waals surface area contributed by atoms with Crippen molar-refractivity contribution in [3.63, 3.8) is 0 Å². The molecule has 1 saturated heterocycles. The molecule has 1 amide bonds. The molecular weight excluding hydrogens is 412 g/mol. The number of carbonyl (C=O) groups is 2. The number of hydrogen-bond acceptors (Lipinski definition) is 7. The lowest BCUT2D eigenvalue weighted by atomic mass is 10.1. The van der Waals surface area contributed by atoms with Crippen LogP contribution >= 0.6 is 11.3 Å². The fourth-order valence-corrected chi connectivity index (χ4v) is 4.77. The van der Waals surface area contributed by atoms with Gasteiger partial charge in [0.1, 0.15) is 0 Å². The summed E-state index contributed by atoms with van der Waals surface area (Å²) < 4.78 is 5.91. The molecule has 0 radical (unpaired) electrons. The first-order valence-corrected chi connectivity index (χ1v) is 11.2. The highest BCUT2D eigenvalue weighted by atomic mass is 32.1. The Balaban J connectivity index is 1.23. The van der Waals surface area contributed by atoms with Gasteiger partial charge in [-0.15, -0.1) is 0 Å². The highest BCUT2D eigenvalue weighted by Crippen LogP contribution is 2.30. The number of para-hydroxylation sites is 1. The van der Waals surface area contributed by atoms with Crippen LogP contribution in [0.15, 0.2) is 42.5 Å².